The van der Waals surface area contributed by atoms with Gasteiger partial charge in [-0.1, -0.05) is 18.2 Å². The largest absolute Gasteiger partial charge is 0.355 e. The first kappa shape index (κ1) is 18.8. The van der Waals surface area contributed by atoms with Crippen molar-refractivity contribution < 1.29 is 0 Å². The number of imidazole rings is 2. The van der Waals surface area contributed by atoms with E-state index in [4.69, 9.17) is 9.97 Å². The molecule has 158 valence electrons. The van der Waals surface area contributed by atoms with Gasteiger partial charge in [0.1, 0.15) is 11.6 Å². The summed E-state index contributed by atoms with van der Waals surface area (Å²) in [6.07, 6.45) is 8.87. The van der Waals surface area contributed by atoms with Crippen LogP contribution in [0.25, 0.3) is 22.4 Å². The summed E-state index contributed by atoms with van der Waals surface area (Å²) in [6.45, 7) is 0.690. The molecule has 1 aliphatic carbocycles. The molecule has 0 fully saturated rings. The number of anilines is 1. The molecule has 3 heterocycles. The highest BCUT2D eigenvalue weighted by atomic mass is 15.2. The van der Waals surface area contributed by atoms with E-state index >= 15 is 0 Å². The number of nitrogens with zero attached hydrogens (tertiary/aromatic N) is 4. The Morgan fingerprint density at radius 2 is 1.84 bits per heavy atom. The van der Waals surface area contributed by atoms with Gasteiger partial charge in [-0.05, 0) is 67.3 Å². The second-order valence-corrected chi connectivity index (χ2v) is 8.27. The van der Waals surface area contributed by atoms with Gasteiger partial charge < -0.3 is 14.9 Å². The number of aryl methyl sites for hydroxylation is 1. The minimum Gasteiger partial charge on any atom is -0.355 e. The molecular formula is C26H24N6. The quantitative estimate of drug-likeness (QED) is 0.397. The third-order valence-electron chi connectivity index (χ3n) is 6.27. The van der Waals surface area contributed by atoms with Gasteiger partial charge in [-0.25, -0.2) is 9.97 Å². The maximum Gasteiger partial charge on any atom is 0.137 e. The molecule has 2 aromatic carbocycles. The van der Waals surface area contributed by atoms with Crippen LogP contribution < -0.4 is 4.90 Å². The first-order chi connectivity index (χ1) is 15.8. The lowest BCUT2D eigenvalue weighted by Crippen LogP contribution is -2.32. The molecular weight excluding hydrogens is 396 g/mol. The van der Waals surface area contributed by atoms with Crippen molar-refractivity contribution in [2.24, 2.45) is 0 Å². The number of aromatic amines is 2. The van der Waals surface area contributed by atoms with Gasteiger partial charge in [0, 0.05) is 29.8 Å². The van der Waals surface area contributed by atoms with Gasteiger partial charge in [0.05, 0.1) is 29.3 Å². The predicted octanol–water partition coefficient (Wildman–Crippen LogP) is 5.43. The maximum absolute atomic E-state index is 4.85. The van der Waals surface area contributed by atoms with E-state index in [1.165, 1.54) is 11.3 Å². The van der Waals surface area contributed by atoms with E-state index in [2.05, 4.69) is 62.3 Å². The van der Waals surface area contributed by atoms with E-state index in [-0.39, 0.29) is 6.04 Å². The van der Waals surface area contributed by atoms with Gasteiger partial charge in [-0.2, -0.15) is 0 Å². The molecule has 1 unspecified atom stereocenters. The van der Waals surface area contributed by atoms with Crippen molar-refractivity contribution in [3.8, 4) is 11.4 Å². The lowest BCUT2D eigenvalue weighted by molar-refractivity contribution is 0.501. The van der Waals surface area contributed by atoms with Gasteiger partial charge >= 0.3 is 0 Å². The Balaban J connectivity index is 1.40. The molecule has 0 radical (unpaired) electrons. The molecule has 3 aromatic heterocycles. The molecule has 1 aliphatic rings. The normalized spacial score (nSPS) is 15.6. The van der Waals surface area contributed by atoms with Crippen molar-refractivity contribution in [1.82, 2.24) is 24.9 Å². The first-order valence-electron chi connectivity index (χ1n) is 11.1. The number of fused-ring (bicyclic) bond motifs is 2. The Morgan fingerprint density at radius 1 is 0.938 bits per heavy atom. The number of nitrogens with one attached hydrogen (secondary N) is 2. The zero-order valence-electron chi connectivity index (χ0n) is 17.7. The van der Waals surface area contributed by atoms with Gasteiger partial charge in [0.2, 0.25) is 0 Å². The summed E-state index contributed by atoms with van der Waals surface area (Å²) in [5, 5.41) is 0. The second-order valence-electron chi connectivity index (χ2n) is 8.27. The van der Waals surface area contributed by atoms with Crippen molar-refractivity contribution in [2.45, 2.75) is 31.8 Å². The van der Waals surface area contributed by atoms with Crippen molar-refractivity contribution in [2.75, 3.05) is 4.90 Å². The molecule has 1 atom stereocenters. The lowest BCUT2D eigenvalue weighted by Gasteiger charge is -2.36. The van der Waals surface area contributed by atoms with E-state index in [0.29, 0.717) is 6.54 Å². The van der Waals surface area contributed by atoms with E-state index in [1.807, 2.05) is 30.6 Å². The highest BCUT2D eigenvalue weighted by Gasteiger charge is 2.28. The zero-order chi connectivity index (χ0) is 21.3. The number of rotatable bonds is 5. The number of hydrogen-bond acceptors (Lipinski definition) is 4. The van der Waals surface area contributed by atoms with Gasteiger partial charge in [-0.15, -0.1) is 0 Å². The molecule has 0 saturated heterocycles. The van der Waals surface area contributed by atoms with E-state index in [9.17, 15) is 0 Å². The molecule has 0 bridgehead atoms. The summed E-state index contributed by atoms with van der Waals surface area (Å²) >= 11 is 0. The average molecular weight is 421 g/mol. The van der Waals surface area contributed by atoms with Crippen LogP contribution in [-0.2, 0) is 13.0 Å². The number of para-hydroxylation sites is 2. The van der Waals surface area contributed by atoms with Crippen LogP contribution in [0.1, 0.15) is 36.0 Å². The van der Waals surface area contributed by atoms with Crippen LogP contribution in [0.2, 0.25) is 0 Å². The van der Waals surface area contributed by atoms with Crippen molar-refractivity contribution in [1.29, 1.82) is 0 Å². The summed E-state index contributed by atoms with van der Waals surface area (Å²) in [7, 11) is 0. The van der Waals surface area contributed by atoms with Crippen molar-refractivity contribution in [3.63, 3.8) is 0 Å². The second kappa shape index (κ2) is 7.96. The molecule has 6 nitrogen and oxygen atoms in total. The topological polar surface area (TPSA) is 73.5 Å². The fraction of sp³-hybridized carbons (Fsp3) is 0.192. The highest BCUT2D eigenvalue weighted by molar-refractivity contribution is 5.74. The van der Waals surface area contributed by atoms with Crippen molar-refractivity contribution >= 4 is 16.7 Å². The maximum atomic E-state index is 4.85. The SMILES string of the molecule is c1cnc2c(c1)CCCC2N(Cc1nc2ccccc2[nH]1)c1ccc(-c2ncc[nH]2)cc1. The van der Waals surface area contributed by atoms with Crippen LogP contribution in [0.5, 0.6) is 0 Å². The monoisotopic (exact) mass is 420 g/mol. The molecule has 32 heavy (non-hydrogen) atoms. The summed E-state index contributed by atoms with van der Waals surface area (Å²) in [4.78, 5) is 23.2. The van der Waals surface area contributed by atoms with E-state index in [0.717, 1.165) is 53.2 Å². The molecule has 6 rings (SSSR count). The highest BCUT2D eigenvalue weighted by Crippen LogP contribution is 2.37. The Bertz CT molecular complexity index is 1300. The van der Waals surface area contributed by atoms with Crippen molar-refractivity contribution in [3.05, 3.63) is 96.3 Å². The average Bonchev–Trinajstić information content (AvgIpc) is 3.52. The van der Waals surface area contributed by atoms with Crippen LogP contribution in [-0.4, -0.2) is 24.9 Å². The smallest absolute Gasteiger partial charge is 0.137 e. The molecule has 0 amide bonds. The fourth-order valence-electron chi connectivity index (χ4n) is 4.75. The summed E-state index contributed by atoms with van der Waals surface area (Å²) in [6, 6.07) is 21.3. The summed E-state index contributed by atoms with van der Waals surface area (Å²) in [5.41, 5.74) is 6.83. The van der Waals surface area contributed by atoms with E-state index in [1.54, 1.807) is 6.20 Å². The van der Waals surface area contributed by atoms with Crippen LogP contribution >= 0.6 is 0 Å². The van der Waals surface area contributed by atoms with Crippen LogP contribution in [0, 0.1) is 0 Å². The molecule has 0 spiro atoms. The summed E-state index contributed by atoms with van der Waals surface area (Å²) in [5.74, 6) is 1.84. The molecule has 2 N–H and O–H groups in total. The number of benzene rings is 2. The molecule has 0 saturated carbocycles. The summed E-state index contributed by atoms with van der Waals surface area (Å²) < 4.78 is 0. The van der Waals surface area contributed by atoms with Gasteiger partial charge in [0.25, 0.3) is 0 Å². The molecule has 5 aromatic rings. The number of hydrogen-bond donors (Lipinski definition) is 2. The third kappa shape index (κ3) is 3.43. The Morgan fingerprint density at radius 3 is 2.69 bits per heavy atom. The van der Waals surface area contributed by atoms with Crippen LogP contribution in [0.3, 0.4) is 0 Å². The zero-order valence-corrected chi connectivity index (χ0v) is 17.7. The van der Waals surface area contributed by atoms with Crippen LogP contribution in [0.4, 0.5) is 5.69 Å². The first-order valence-corrected chi connectivity index (χ1v) is 11.1. The predicted molar refractivity (Wildman–Crippen MR) is 126 cm³/mol. The molecule has 6 heteroatoms. The van der Waals surface area contributed by atoms with E-state index < -0.39 is 0 Å². The Kier molecular flexibility index (Phi) is 4.68. The van der Waals surface area contributed by atoms with Crippen LogP contribution in [0.15, 0.2) is 79.3 Å². The molecule has 0 aliphatic heterocycles. The number of H-pyrrole nitrogens is 2. The third-order valence-corrected chi connectivity index (χ3v) is 6.27. The number of aromatic nitrogens is 5. The Hall–Kier alpha value is -3.93. The van der Waals surface area contributed by atoms with Gasteiger partial charge in [0.15, 0.2) is 0 Å². The standard InChI is InChI=1S/C26H24N6/c1-2-8-22-21(7-1)30-24(31-22)17-32(23-9-3-5-18-6-4-14-27-25(18)23)20-12-10-19(11-13-20)26-28-15-16-29-26/h1-2,4,6-8,10-16,23H,3,5,9,17H2,(H,28,29)(H,30,31). The fourth-order valence-corrected chi connectivity index (χ4v) is 4.75. The minimum atomic E-state index is 0.211. The number of pyridine rings is 1. The Labute approximate surface area is 186 Å². The minimum absolute atomic E-state index is 0.211. The lowest BCUT2D eigenvalue weighted by atomic mass is 9.90. The van der Waals surface area contributed by atoms with Gasteiger partial charge in [-0.3, -0.25) is 4.98 Å².